The average molecular weight is 288 g/mol. The molecule has 1 aliphatic rings. The maximum absolute atomic E-state index is 6.38. The summed E-state index contributed by atoms with van der Waals surface area (Å²) in [5.41, 5.74) is 8.78. The number of aryl methyl sites for hydroxylation is 2. The number of thiazole rings is 1. The van der Waals surface area contributed by atoms with E-state index in [1.165, 1.54) is 10.4 Å². The Morgan fingerprint density at radius 1 is 1.40 bits per heavy atom. The minimum Gasteiger partial charge on any atom is -0.493 e. The molecular formula is C16H20N2OS. The molecule has 2 N–H and O–H groups in total. The molecule has 20 heavy (non-hydrogen) atoms. The van der Waals surface area contributed by atoms with Gasteiger partial charge in [-0.2, -0.15) is 0 Å². The van der Waals surface area contributed by atoms with Crippen molar-refractivity contribution in [2.75, 3.05) is 6.61 Å². The van der Waals surface area contributed by atoms with Crippen LogP contribution in [0.4, 0.5) is 0 Å². The Hall–Kier alpha value is -1.39. The van der Waals surface area contributed by atoms with E-state index in [1.807, 2.05) is 12.1 Å². The third-order valence-electron chi connectivity index (χ3n) is 4.00. The second-order valence-corrected chi connectivity index (χ2v) is 6.79. The minimum atomic E-state index is 0.105. The van der Waals surface area contributed by atoms with Crippen molar-refractivity contribution in [3.05, 3.63) is 45.4 Å². The Balaban J connectivity index is 1.68. The summed E-state index contributed by atoms with van der Waals surface area (Å²) < 4.78 is 5.83. The number of nitrogens with zero attached hydrogens (tertiary/aromatic N) is 1. The van der Waals surface area contributed by atoms with Gasteiger partial charge in [0.1, 0.15) is 5.75 Å². The van der Waals surface area contributed by atoms with Crippen molar-refractivity contribution >= 4 is 11.3 Å². The van der Waals surface area contributed by atoms with Crippen molar-refractivity contribution in [1.29, 1.82) is 0 Å². The zero-order chi connectivity index (χ0) is 14.1. The molecule has 0 saturated heterocycles. The number of fused-ring (bicyclic) bond motifs is 1. The monoisotopic (exact) mass is 288 g/mol. The molecule has 1 aromatic heterocycles. The molecule has 0 aliphatic carbocycles. The molecule has 0 spiro atoms. The van der Waals surface area contributed by atoms with Gasteiger partial charge in [-0.15, -0.1) is 11.3 Å². The molecule has 2 aromatic rings. The van der Waals surface area contributed by atoms with Crippen molar-refractivity contribution in [2.45, 2.75) is 32.7 Å². The number of hydrogen-bond donors (Lipinski definition) is 1. The van der Waals surface area contributed by atoms with E-state index in [4.69, 9.17) is 10.5 Å². The Labute approximate surface area is 123 Å². The predicted octanol–water partition coefficient (Wildman–Crippen LogP) is 2.88. The first-order valence-corrected chi connectivity index (χ1v) is 7.84. The molecule has 2 atom stereocenters. The van der Waals surface area contributed by atoms with Crippen molar-refractivity contribution in [2.24, 2.45) is 11.7 Å². The zero-order valence-corrected chi connectivity index (χ0v) is 12.7. The van der Waals surface area contributed by atoms with Gasteiger partial charge >= 0.3 is 0 Å². The summed E-state index contributed by atoms with van der Waals surface area (Å²) in [7, 11) is 0. The highest BCUT2D eigenvalue weighted by Gasteiger charge is 2.25. The summed E-state index contributed by atoms with van der Waals surface area (Å²) in [6, 6.07) is 8.34. The molecule has 3 nitrogen and oxygen atoms in total. The van der Waals surface area contributed by atoms with Gasteiger partial charge in [-0.05, 0) is 31.9 Å². The number of aromatic nitrogens is 1. The summed E-state index contributed by atoms with van der Waals surface area (Å²) in [5, 5.41) is 1.14. The third-order valence-corrected chi connectivity index (χ3v) is 5.09. The van der Waals surface area contributed by atoms with Gasteiger partial charge in [-0.3, -0.25) is 0 Å². The Bertz CT molecular complexity index is 589. The predicted molar refractivity (Wildman–Crippen MR) is 82.4 cm³/mol. The lowest BCUT2D eigenvalue weighted by Crippen LogP contribution is -2.39. The summed E-state index contributed by atoms with van der Waals surface area (Å²) in [6.07, 6.45) is 1.84. The largest absolute Gasteiger partial charge is 0.493 e. The first-order valence-electron chi connectivity index (χ1n) is 7.02. The van der Waals surface area contributed by atoms with E-state index in [1.54, 1.807) is 11.3 Å². The first-order chi connectivity index (χ1) is 9.63. The number of benzene rings is 1. The Kier molecular flexibility index (Phi) is 3.76. The fourth-order valence-corrected chi connectivity index (χ4v) is 3.63. The highest BCUT2D eigenvalue weighted by atomic mass is 32.1. The molecule has 2 heterocycles. The van der Waals surface area contributed by atoms with Crippen LogP contribution < -0.4 is 10.5 Å². The van der Waals surface area contributed by atoms with Crippen LogP contribution in [0, 0.1) is 19.8 Å². The molecule has 1 aliphatic heterocycles. The van der Waals surface area contributed by atoms with Crippen molar-refractivity contribution in [3.63, 3.8) is 0 Å². The quantitative estimate of drug-likeness (QED) is 0.944. The van der Waals surface area contributed by atoms with Crippen LogP contribution in [0.15, 0.2) is 24.3 Å². The minimum absolute atomic E-state index is 0.105. The van der Waals surface area contributed by atoms with Gasteiger partial charge in [0.05, 0.1) is 17.3 Å². The molecule has 106 valence electrons. The summed E-state index contributed by atoms with van der Waals surface area (Å²) in [5.74, 6) is 1.38. The van der Waals surface area contributed by atoms with Crippen LogP contribution in [0.5, 0.6) is 5.75 Å². The van der Waals surface area contributed by atoms with Crippen LogP contribution >= 0.6 is 11.3 Å². The highest BCUT2D eigenvalue weighted by Crippen LogP contribution is 2.29. The molecule has 4 heteroatoms. The van der Waals surface area contributed by atoms with Crippen LogP contribution in [-0.2, 0) is 12.8 Å². The van der Waals surface area contributed by atoms with Crippen LogP contribution in [0.3, 0.4) is 0 Å². The Morgan fingerprint density at radius 3 is 2.95 bits per heavy atom. The van der Waals surface area contributed by atoms with Crippen LogP contribution in [0.1, 0.15) is 21.1 Å². The van der Waals surface area contributed by atoms with Gasteiger partial charge in [0, 0.05) is 23.3 Å². The van der Waals surface area contributed by atoms with E-state index in [-0.39, 0.29) is 6.04 Å². The SMILES string of the molecule is Cc1nc(CC(N)C2COc3ccccc3C2)sc1C. The van der Waals surface area contributed by atoms with Gasteiger partial charge in [0.2, 0.25) is 0 Å². The normalized spacial score (nSPS) is 19.2. The Morgan fingerprint density at radius 2 is 2.20 bits per heavy atom. The van der Waals surface area contributed by atoms with Gasteiger partial charge in [-0.1, -0.05) is 18.2 Å². The lowest BCUT2D eigenvalue weighted by molar-refractivity contribution is 0.199. The van der Waals surface area contributed by atoms with Crippen molar-refractivity contribution in [1.82, 2.24) is 4.98 Å². The van der Waals surface area contributed by atoms with E-state index in [2.05, 4.69) is 31.0 Å². The maximum atomic E-state index is 6.38. The van der Waals surface area contributed by atoms with Gasteiger partial charge in [0.25, 0.3) is 0 Å². The first kappa shape index (κ1) is 13.6. The van der Waals surface area contributed by atoms with E-state index < -0.39 is 0 Å². The molecule has 3 rings (SSSR count). The molecule has 0 amide bonds. The molecular weight excluding hydrogens is 268 g/mol. The topological polar surface area (TPSA) is 48.1 Å². The summed E-state index contributed by atoms with van der Waals surface area (Å²) >= 11 is 1.76. The molecule has 0 fully saturated rings. The molecule has 0 bridgehead atoms. The highest BCUT2D eigenvalue weighted by molar-refractivity contribution is 7.11. The fourth-order valence-electron chi connectivity index (χ4n) is 2.62. The van der Waals surface area contributed by atoms with Gasteiger partial charge < -0.3 is 10.5 Å². The van der Waals surface area contributed by atoms with Crippen molar-refractivity contribution in [3.8, 4) is 5.75 Å². The van der Waals surface area contributed by atoms with E-state index >= 15 is 0 Å². The molecule has 0 radical (unpaired) electrons. The fraction of sp³-hybridized carbons (Fsp3) is 0.438. The summed E-state index contributed by atoms with van der Waals surface area (Å²) in [4.78, 5) is 5.88. The second-order valence-electron chi connectivity index (χ2n) is 5.50. The van der Waals surface area contributed by atoms with E-state index in [0.717, 1.165) is 29.3 Å². The van der Waals surface area contributed by atoms with Crippen LogP contribution in [0.25, 0.3) is 0 Å². The van der Waals surface area contributed by atoms with E-state index in [0.29, 0.717) is 12.5 Å². The molecule has 0 saturated carbocycles. The average Bonchev–Trinajstić information content (AvgIpc) is 2.76. The number of ether oxygens (including phenoxy) is 1. The maximum Gasteiger partial charge on any atom is 0.122 e. The molecule has 1 aromatic carbocycles. The molecule has 2 unspecified atom stereocenters. The zero-order valence-electron chi connectivity index (χ0n) is 11.9. The van der Waals surface area contributed by atoms with Crippen LogP contribution in [0.2, 0.25) is 0 Å². The van der Waals surface area contributed by atoms with Crippen LogP contribution in [-0.4, -0.2) is 17.6 Å². The number of rotatable bonds is 3. The third kappa shape index (κ3) is 2.72. The van der Waals surface area contributed by atoms with Gasteiger partial charge in [-0.25, -0.2) is 4.98 Å². The lowest BCUT2D eigenvalue weighted by Gasteiger charge is -2.29. The lowest BCUT2D eigenvalue weighted by atomic mass is 9.89. The van der Waals surface area contributed by atoms with Crippen molar-refractivity contribution < 1.29 is 4.74 Å². The number of para-hydroxylation sites is 1. The second kappa shape index (κ2) is 5.54. The van der Waals surface area contributed by atoms with Gasteiger partial charge in [0.15, 0.2) is 0 Å². The van der Waals surface area contributed by atoms with E-state index in [9.17, 15) is 0 Å². The summed E-state index contributed by atoms with van der Waals surface area (Å²) in [6.45, 7) is 4.88. The standard InChI is InChI=1S/C16H20N2OS/c1-10-11(2)20-16(18-10)8-14(17)13-7-12-5-3-4-6-15(12)19-9-13/h3-6,13-14H,7-9,17H2,1-2H3. The number of hydrogen-bond acceptors (Lipinski definition) is 4. The number of nitrogens with two attached hydrogens (primary N) is 1. The smallest absolute Gasteiger partial charge is 0.122 e.